The van der Waals surface area contributed by atoms with Crippen molar-refractivity contribution in [1.82, 2.24) is 5.32 Å². The molecule has 0 spiro atoms. The van der Waals surface area contributed by atoms with Crippen molar-refractivity contribution in [3.05, 3.63) is 33.8 Å². The van der Waals surface area contributed by atoms with Gasteiger partial charge < -0.3 is 14.8 Å². The molecule has 0 unspecified atom stereocenters. The molecular weight excluding hydrogens is 330 g/mol. The average molecular weight is 342 g/mol. The Kier molecular flexibility index (Phi) is 3.80. The van der Waals surface area contributed by atoms with Crippen LogP contribution in [0.2, 0.25) is 0 Å². The molecule has 0 saturated heterocycles. The lowest BCUT2D eigenvalue weighted by molar-refractivity contribution is -0.148. The second-order valence-electron chi connectivity index (χ2n) is 4.30. The van der Waals surface area contributed by atoms with Crippen LogP contribution in [0, 0.1) is 0 Å². The van der Waals surface area contributed by atoms with Gasteiger partial charge in [0.15, 0.2) is 11.3 Å². The molecule has 1 aliphatic carbocycles. The number of alkyl carbamates (subject to hydrolysis) is 1. The number of methoxy groups -OCH3 is 2. The van der Waals surface area contributed by atoms with Crippen LogP contribution in [0.3, 0.4) is 0 Å². The number of nitrogens with one attached hydrogen (secondary N) is 1. The van der Waals surface area contributed by atoms with E-state index >= 15 is 0 Å². The normalized spacial score (nSPS) is 20.2. The SMILES string of the molecule is COC(=O)N[C@@]1(C(=O)OC)CC(=O)c2cc(Br)ccc21. The first-order chi connectivity index (χ1) is 9.44. The Bertz CT molecular complexity index is 600. The van der Waals surface area contributed by atoms with Crippen molar-refractivity contribution in [2.45, 2.75) is 12.0 Å². The summed E-state index contributed by atoms with van der Waals surface area (Å²) in [5.74, 6) is -0.958. The van der Waals surface area contributed by atoms with Crippen molar-refractivity contribution in [2.75, 3.05) is 14.2 Å². The fraction of sp³-hybridized carbons (Fsp3) is 0.308. The standard InChI is InChI=1S/C13H12BrNO5/c1-19-11(17)13(15-12(18)20-2)6-10(16)8-5-7(14)3-4-9(8)13/h3-5H,6H2,1-2H3,(H,15,18)/t13-/m0/s1. The van der Waals surface area contributed by atoms with Gasteiger partial charge in [-0.05, 0) is 12.1 Å². The van der Waals surface area contributed by atoms with Crippen LogP contribution in [-0.2, 0) is 19.8 Å². The lowest BCUT2D eigenvalue weighted by atomic mass is 9.92. The molecule has 0 heterocycles. The molecule has 20 heavy (non-hydrogen) atoms. The zero-order valence-corrected chi connectivity index (χ0v) is 12.4. The van der Waals surface area contributed by atoms with Gasteiger partial charge in [0.2, 0.25) is 0 Å². The molecule has 1 aromatic carbocycles. The molecule has 1 aromatic rings. The number of hydrogen-bond acceptors (Lipinski definition) is 5. The zero-order chi connectivity index (χ0) is 14.9. The number of halogens is 1. The number of fused-ring (bicyclic) bond motifs is 1. The first-order valence-electron chi connectivity index (χ1n) is 5.72. The molecule has 0 radical (unpaired) electrons. The monoisotopic (exact) mass is 341 g/mol. The smallest absolute Gasteiger partial charge is 0.408 e. The third kappa shape index (κ3) is 2.18. The topological polar surface area (TPSA) is 81.7 Å². The average Bonchev–Trinajstić information content (AvgIpc) is 2.71. The van der Waals surface area contributed by atoms with Crippen LogP contribution in [-0.4, -0.2) is 32.1 Å². The van der Waals surface area contributed by atoms with Crippen LogP contribution in [0.25, 0.3) is 0 Å². The summed E-state index contributed by atoms with van der Waals surface area (Å²) in [4.78, 5) is 35.7. The Hall–Kier alpha value is -1.89. The summed E-state index contributed by atoms with van der Waals surface area (Å²) < 4.78 is 9.98. The van der Waals surface area contributed by atoms with E-state index in [2.05, 4.69) is 26.0 Å². The van der Waals surface area contributed by atoms with E-state index < -0.39 is 17.6 Å². The Balaban J connectivity index is 2.58. The van der Waals surface area contributed by atoms with Gasteiger partial charge in [0, 0.05) is 22.0 Å². The summed E-state index contributed by atoms with van der Waals surface area (Å²) in [6.07, 6.45) is -1.00. The summed E-state index contributed by atoms with van der Waals surface area (Å²) >= 11 is 3.27. The van der Waals surface area contributed by atoms with Crippen LogP contribution in [0.1, 0.15) is 22.3 Å². The maximum atomic E-state index is 12.1. The van der Waals surface area contributed by atoms with Gasteiger partial charge in [-0.1, -0.05) is 22.0 Å². The maximum absolute atomic E-state index is 12.1. The minimum atomic E-state index is -1.53. The first kappa shape index (κ1) is 14.5. The predicted molar refractivity (Wildman–Crippen MR) is 72.3 cm³/mol. The molecule has 0 fully saturated rings. The Morgan fingerprint density at radius 1 is 1.30 bits per heavy atom. The number of carbonyl (C=O) groups excluding carboxylic acids is 3. The van der Waals surface area contributed by atoms with Crippen molar-refractivity contribution < 1.29 is 23.9 Å². The van der Waals surface area contributed by atoms with Crippen LogP contribution >= 0.6 is 15.9 Å². The van der Waals surface area contributed by atoms with E-state index in [1.807, 2.05) is 0 Å². The number of rotatable bonds is 2. The van der Waals surface area contributed by atoms with E-state index in [4.69, 9.17) is 4.74 Å². The fourth-order valence-corrected chi connectivity index (χ4v) is 2.66. The van der Waals surface area contributed by atoms with Gasteiger partial charge in [0.05, 0.1) is 14.2 Å². The first-order valence-corrected chi connectivity index (χ1v) is 6.51. The van der Waals surface area contributed by atoms with Crippen LogP contribution in [0.5, 0.6) is 0 Å². The molecule has 0 bridgehead atoms. The highest BCUT2D eigenvalue weighted by Gasteiger charge is 2.51. The largest absolute Gasteiger partial charge is 0.467 e. The van der Waals surface area contributed by atoms with E-state index in [1.54, 1.807) is 18.2 Å². The van der Waals surface area contributed by atoms with Crippen molar-refractivity contribution in [3.8, 4) is 0 Å². The number of hydrogen-bond donors (Lipinski definition) is 1. The Morgan fingerprint density at radius 3 is 2.60 bits per heavy atom. The van der Waals surface area contributed by atoms with Gasteiger partial charge in [-0.25, -0.2) is 9.59 Å². The molecule has 2 rings (SSSR count). The number of Topliss-reactive ketones (excluding diaryl/α,β-unsaturated/α-hetero) is 1. The van der Waals surface area contributed by atoms with Crippen LogP contribution in [0.15, 0.2) is 22.7 Å². The molecule has 1 N–H and O–H groups in total. The van der Waals surface area contributed by atoms with Crippen LogP contribution < -0.4 is 5.32 Å². The summed E-state index contributed by atoms with van der Waals surface area (Å²) in [7, 11) is 2.38. The molecule has 106 valence electrons. The third-order valence-electron chi connectivity index (χ3n) is 3.20. The second kappa shape index (κ2) is 5.24. The van der Waals surface area contributed by atoms with Gasteiger partial charge in [0.25, 0.3) is 0 Å². The molecule has 1 atom stereocenters. The summed E-state index contributed by atoms with van der Waals surface area (Å²) in [6.45, 7) is 0. The molecular formula is C13H12BrNO5. The predicted octanol–water partition coefficient (Wildman–Crippen LogP) is 1.76. The molecule has 6 nitrogen and oxygen atoms in total. The van der Waals surface area contributed by atoms with E-state index in [0.717, 1.165) is 0 Å². The Labute approximate surface area is 123 Å². The summed E-state index contributed by atoms with van der Waals surface area (Å²) in [6, 6.07) is 4.91. The molecule has 0 saturated carbocycles. The van der Waals surface area contributed by atoms with Crippen molar-refractivity contribution in [1.29, 1.82) is 0 Å². The Morgan fingerprint density at radius 2 is 2.00 bits per heavy atom. The van der Waals surface area contributed by atoms with E-state index in [1.165, 1.54) is 14.2 Å². The van der Waals surface area contributed by atoms with E-state index in [9.17, 15) is 14.4 Å². The highest BCUT2D eigenvalue weighted by Crippen LogP contribution is 2.39. The molecule has 0 aliphatic heterocycles. The summed E-state index contributed by atoms with van der Waals surface area (Å²) in [5.41, 5.74) is -0.751. The van der Waals surface area contributed by atoms with E-state index in [-0.39, 0.29) is 12.2 Å². The molecule has 1 aliphatic rings. The van der Waals surface area contributed by atoms with Crippen LogP contribution in [0.4, 0.5) is 4.79 Å². The van der Waals surface area contributed by atoms with Gasteiger partial charge in [-0.15, -0.1) is 0 Å². The minimum absolute atomic E-state index is 0.194. The van der Waals surface area contributed by atoms with Gasteiger partial charge in [-0.3, -0.25) is 4.79 Å². The number of carbonyl (C=O) groups is 3. The second-order valence-corrected chi connectivity index (χ2v) is 5.22. The van der Waals surface area contributed by atoms with Gasteiger partial charge in [-0.2, -0.15) is 0 Å². The lowest BCUT2D eigenvalue weighted by Gasteiger charge is -2.27. The summed E-state index contributed by atoms with van der Waals surface area (Å²) in [5, 5.41) is 2.43. The molecule has 0 aromatic heterocycles. The molecule has 1 amide bonds. The van der Waals surface area contributed by atoms with E-state index in [0.29, 0.717) is 15.6 Å². The van der Waals surface area contributed by atoms with Gasteiger partial charge >= 0.3 is 12.1 Å². The highest BCUT2D eigenvalue weighted by molar-refractivity contribution is 9.10. The van der Waals surface area contributed by atoms with Crippen molar-refractivity contribution in [2.24, 2.45) is 0 Å². The van der Waals surface area contributed by atoms with Crippen molar-refractivity contribution in [3.63, 3.8) is 0 Å². The maximum Gasteiger partial charge on any atom is 0.408 e. The molecule has 7 heteroatoms. The lowest BCUT2D eigenvalue weighted by Crippen LogP contribution is -2.51. The number of esters is 1. The van der Waals surface area contributed by atoms with Gasteiger partial charge in [0.1, 0.15) is 0 Å². The quantitative estimate of drug-likeness (QED) is 0.829. The number of ether oxygens (including phenoxy) is 2. The highest BCUT2D eigenvalue weighted by atomic mass is 79.9. The fourth-order valence-electron chi connectivity index (χ4n) is 2.29. The minimum Gasteiger partial charge on any atom is -0.467 e. The number of benzene rings is 1. The van der Waals surface area contributed by atoms with Crippen molar-refractivity contribution >= 4 is 33.8 Å². The number of amides is 1. The zero-order valence-electron chi connectivity index (χ0n) is 10.9. The number of ketones is 1. The third-order valence-corrected chi connectivity index (χ3v) is 3.70.